The van der Waals surface area contributed by atoms with Gasteiger partial charge >= 0.3 is 0 Å². The molecule has 2 heterocycles. The Labute approximate surface area is 117 Å². The maximum absolute atomic E-state index is 10.1. The quantitative estimate of drug-likeness (QED) is 0.702. The molecule has 1 aromatic rings. The van der Waals surface area contributed by atoms with Gasteiger partial charge in [-0.2, -0.15) is 0 Å². The summed E-state index contributed by atoms with van der Waals surface area (Å²) in [6, 6.07) is 0. The van der Waals surface area contributed by atoms with Gasteiger partial charge in [-0.05, 0) is 0 Å². The summed E-state index contributed by atoms with van der Waals surface area (Å²) in [5.74, 6) is 0.730. The minimum Gasteiger partial charge on any atom is -0.394 e. The molecule has 1 fully saturated rings. The molecule has 0 spiro atoms. The summed E-state index contributed by atoms with van der Waals surface area (Å²) in [6.07, 6.45) is 2.82. The van der Waals surface area contributed by atoms with E-state index in [0.717, 1.165) is 0 Å². The SMILES string of the molecule is C=Cc1c(N)ncnc1N(C=C)C1OC(CO)CC1O. The van der Waals surface area contributed by atoms with E-state index in [2.05, 4.69) is 23.1 Å². The fourth-order valence-electron chi connectivity index (χ4n) is 2.21. The highest BCUT2D eigenvalue weighted by Gasteiger charge is 2.38. The average Bonchev–Trinajstić information content (AvgIpc) is 2.81. The van der Waals surface area contributed by atoms with Crippen LogP contribution in [-0.4, -0.2) is 45.2 Å². The summed E-state index contributed by atoms with van der Waals surface area (Å²) in [4.78, 5) is 9.61. The molecular formula is C13H18N4O3. The van der Waals surface area contributed by atoms with Gasteiger partial charge in [0.25, 0.3) is 0 Å². The molecule has 3 unspecified atom stereocenters. The predicted molar refractivity (Wildman–Crippen MR) is 75.6 cm³/mol. The van der Waals surface area contributed by atoms with Crippen molar-refractivity contribution in [3.63, 3.8) is 0 Å². The molecule has 7 nitrogen and oxygen atoms in total. The molecular weight excluding hydrogens is 260 g/mol. The van der Waals surface area contributed by atoms with E-state index in [0.29, 0.717) is 17.8 Å². The van der Waals surface area contributed by atoms with Crippen LogP contribution in [-0.2, 0) is 4.74 Å². The van der Waals surface area contributed by atoms with Gasteiger partial charge in [0.15, 0.2) is 6.23 Å². The maximum atomic E-state index is 10.1. The number of ether oxygens (including phenoxy) is 1. The number of aliphatic hydroxyl groups is 2. The van der Waals surface area contributed by atoms with Gasteiger partial charge in [-0.1, -0.05) is 19.2 Å². The lowest BCUT2D eigenvalue weighted by atomic mass is 10.2. The van der Waals surface area contributed by atoms with Crippen molar-refractivity contribution in [2.24, 2.45) is 0 Å². The highest BCUT2D eigenvalue weighted by Crippen LogP contribution is 2.30. The number of hydrogen-bond acceptors (Lipinski definition) is 7. The second-order valence-corrected chi connectivity index (χ2v) is 4.42. The van der Waals surface area contributed by atoms with Crippen molar-refractivity contribution in [1.82, 2.24) is 9.97 Å². The van der Waals surface area contributed by atoms with Crippen molar-refractivity contribution in [1.29, 1.82) is 0 Å². The summed E-state index contributed by atoms with van der Waals surface area (Å²) in [6.45, 7) is 7.24. The van der Waals surface area contributed by atoms with Gasteiger partial charge in [-0.25, -0.2) is 9.97 Å². The Bertz CT molecular complexity index is 508. The van der Waals surface area contributed by atoms with Crippen LogP contribution in [0, 0.1) is 0 Å². The number of rotatable bonds is 5. The molecule has 1 aromatic heterocycles. The molecule has 0 bridgehead atoms. The van der Waals surface area contributed by atoms with E-state index >= 15 is 0 Å². The number of anilines is 2. The summed E-state index contributed by atoms with van der Waals surface area (Å²) in [5, 5.41) is 19.2. The molecule has 1 aliphatic rings. The number of nitrogen functional groups attached to an aromatic ring is 1. The van der Waals surface area contributed by atoms with Crippen LogP contribution < -0.4 is 10.6 Å². The molecule has 1 aliphatic heterocycles. The van der Waals surface area contributed by atoms with Crippen molar-refractivity contribution in [2.75, 3.05) is 17.2 Å². The van der Waals surface area contributed by atoms with Crippen LogP contribution in [0.25, 0.3) is 6.08 Å². The van der Waals surface area contributed by atoms with Gasteiger partial charge in [0, 0.05) is 12.6 Å². The second-order valence-electron chi connectivity index (χ2n) is 4.42. The molecule has 4 N–H and O–H groups in total. The van der Waals surface area contributed by atoms with Crippen molar-refractivity contribution in [3.05, 3.63) is 31.2 Å². The van der Waals surface area contributed by atoms with Gasteiger partial charge < -0.3 is 25.6 Å². The number of aromatic nitrogens is 2. The first-order valence-corrected chi connectivity index (χ1v) is 6.20. The molecule has 2 rings (SSSR count). The van der Waals surface area contributed by atoms with Crippen molar-refractivity contribution in [2.45, 2.75) is 24.9 Å². The van der Waals surface area contributed by atoms with E-state index < -0.39 is 18.4 Å². The molecule has 0 amide bonds. The summed E-state index contributed by atoms with van der Waals surface area (Å²) < 4.78 is 5.59. The van der Waals surface area contributed by atoms with Crippen molar-refractivity contribution in [3.8, 4) is 0 Å². The zero-order valence-electron chi connectivity index (χ0n) is 11.0. The first-order chi connectivity index (χ1) is 9.62. The van der Waals surface area contributed by atoms with Gasteiger partial charge in [-0.3, -0.25) is 0 Å². The van der Waals surface area contributed by atoms with Crippen molar-refractivity contribution < 1.29 is 14.9 Å². The van der Waals surface area contributed by atoms with Gasteiger partial charge in [-0.15, -0.1) is 0 Å². The third-order valence-corrected chi connectivity index (χ3v) is 3.18. The minimum absolute atomic E-state index is 0.154. The molecule has 0 saturated carbocycles. The monoisotopic (exact) mass is 278 g/mol. The third kappa shape index (κ3) is 2.51. The molecule has 0 aliphatic carbocycles. The van der Waals surface area contributed by atoms with E-state index in [1.54, 1.807) is 4.90 Å². The summed E-state index contributed by atoms with van der Waals surface area (Å²) >= 11 is 0. The molecule has 20 heavy (non-hydrogen) atoms. The molecule has 7 heteroatoms. The largest absolute Gasteiger partial charge is 0.394 e. The maximum Gasteiger partial charge on any atom is 0.161 e. The lowest BCUT2D eigenvalue weighted by molar-refractivity contribution is -0.00641. The van der Waals surface area contributed by atoms with E-state index in [9.17, 15) is 5.11 Å². The number of hydrogen-bond donors (Lipinski definition) is 3. The Morgan fingerprint density at radius 2 is 2.25 bits per heavy atom. The fourth-order valence-corrected chi connectivity index (χ4v) is 2.21. The molecule has 1 saturated heterocycles. The highest BCUT2D eigenvalue weighted by molar-refractivity contribution is 5.72. The number of nitrogens with two attached hydrogens (primary N) is 1. The lowest BCUT2D eigenvalue weighted by Crippen LogP contribution is -2.39. The van der Waals surface area contributed by atoms with Gasteiger partial charge in [0.2, 0.25) is 0 Å². The van der Waals surface area contributed by atoms with E-state index in [-0.39, 0.29) is 12.4 Å². The van der Waals surface area contributed by atoms with Gasteiger partial charge in [0.05, 0.1) is 18.3 Å². The third-order valence-electron chi connectivity index (χ3n) is 3.18. The predicted octanol–water partition coefficient (Wildman–Crippen LogP) is 0.120. The van der Waals surface area contributed by atoms with Crippen molar-refractivity contribution >= 4 is 17.7 Å². The van der Waals surface area contributed by atoms with E-state index in [1.165, 1.54) is 18.6 Å². The minimum atomic E-state index is -0.765. The average molecular weight is 278 g/mol. The van der Waals surface area contributed by atoms with Crippen LogP contribution in [0.2, 0.25) is 0 Å². The lowest BCUT2D eigenvalue weighted by Gasteiger charge is -2.29. The zero-order valence-corrected chi connectivity index (χ0v) is 11.0. The second kappa shape index (κ2) is 6.00. The highest BCUT2D eigenvalue weighted by atomic mass is 16.5. The summed E-state index contributed by atoms with van der Waals surface area (Å²) in [7, 11) is 0. The molecule has 3 atom stereocenters. The van der Waals surface area contributed by atoms with Crippen LogP contribution in [0.15, 0.2) is 25.7 Å². The molecule has 108 valence electrons. The Morgan fingerprint density at radius 1 is 1.50 bits per heavy atom. The van der Waals surface area contributed by atoms with Gasteiger partial charge in [0.1, 0.15) is 24.1 Å². The van der Waals surface area contributed by atoms with Crippen LogP contribution in [0.4, 0.5) is 11.6 Å². The standard InChI is InChI=1S/C13H18N4O3/c1-3-9-11(14)15-7-16-12(9)17(4-2)13-10(19)5-8(6-18)20-13/h3-4,7-8,10,13,18-19H,1-2,5-6H2,(H2,14,15,16). The Balaban J connectivity index is 2.36. The molecule has 0 aromatic carbocycles. The Kier molecular flexibility index (Phi) is 4.33. The van der Waals surface area contributed by atoms with Crippen LogP contribution in [0.1, 0.15) is 12.0 Å². The zero-order chi connectivity index (χ0) is 14.7. The first kappa shape index (κ1) is 14.4. The Hall–Kier alpha value is -1.96. The first-order valence-electron chi connectivity index (χ1n) is 6.20. The molecule has 0 radical (unpaired) electrons. The number of nitrogens with zero attached hydrogens (tertiary/aromatic N) is 3. The fraction of sp³-hybridized carbons (Fsp3) is 0.385. The van der Waals surface area contributed by atoms with Crippen LogP contribution in [0.3, 0.4) is 0 Å². The van der Waals surface area contributed by atoms with E-state index in [4.69, 9.17) is 15.6 Å². The normalized spacial score (nSPS) is 25.4. The van der Waals surface area contributed by atoms with Crippen LogP contribution in [0.5, 0.6) is 0 Å². The van der Waals surface area contributed by atoms with E-state index in [1.807, 2.05) is 0 Å². The number of aliphatic hydroxyl groups excluding tert-OH is 2. The summed E-state index contributed by atoms with van der Waals surface area (Å²) in [5.41, 5.74) is 6.32. The van der Waals surface area contributed by atoms with Crippen LogP contribution >= 0.6 is 0 Å². The Morgan fingerprint density at radius 3 is 2.80 bits per heavy atom. The smallest absolute Gasteiger partial charge is 0.161 e. The topological polar surface area (TPSA) is 105 Å².